The Morgan fingerprint density at radius 3 is 2.58 bits per heavy atom. The normalized spacial score (nSPS) is 14.2. The van der Waals surface area contributed by atoms with Crippen LogP contribution in [0.15, 0.2) is 30.7 Å². The molecule has 0 bridgehead atoms. The molecule has 3 aromatic heterocycles. The van der Waals surface area contributed by atoms with Crippen molar-refractivity contribution < 1.29 is 0 Å². The van der Waals surface area contributed by atoms with Gasteiger partial charge in [-0.05, 0) is 48.9 Å². The van der Waals surface area contributed by atoms with Crippen LogP contribution in [0.4, 0.5) is 5.95 Å². The number of nitrogens with one attached hydrogen (secondary N) is 1. The van der Waals surface area contributed by atoms with E-state index in [0.717, 1.165) is 40.5 Å². The van der Waals surface area contributed by atoms with Crippen molar-refractivity contribution in [1.29, 1.82) is 0 Å². The van der Waals surface area contributed by atoms with E-state index in [2.05, 4.69) is 26.2 Å². The maximum atomic E-state index is 5.63. The number of benzene rings is 1. The number of aromatic amines is 1. The van der Waals surface area contributed by atoms with Gasteiger partial charge in [-0.25, -0.2) is 15.0 Å². The summed E-state index contributed by atoms with van der Waals surface area (Å²) in [6, 6.07) is 4.10. The summed E-state index contributed by atoms with van der Waals surface area (Å²) < 4.78 is 0. The molecule has 0 saturated heterocycles. The van der Waals surface area contributed by atoms with Gasteiger partial charge in [0.15, 0.2) is 0 Å². The third-order valence-electron chi connectivity index (χ3n) is 4.84. The maximum absolute atomic E-state index is 5.63. The van der Waals surface area contributed by atoms with Crippen molar-refractivity contribution in [3.05, 3.63) is 41.9 Å². The summed E-state index contributed by atoms with van der Waals surface area (Å²) in [6.45, 7) is 0. The van der Waals surface area contributed by atoms with E-state index in [9.17, 15) is 0 Å². The van der Waals surface area contributed by atoms with Crippen molar-refractivity contribution in [3.63, 3.8) is 0 Å². The smallest absolute Gasteiger partial charge is 0.219 e. The highest BCUT2D eigenvalue weighted by Crippen LogP contribution is 2.37. The minimum atomic E-state index is 0.286. The molecule has 0 fully saturated rings. The van der Waals surface area contributed by atoms with E-state index in [1.165, 1.54) is 29.4 Å². The van der Waals surface area contributed by atoms with Gasteiger partial charge in [-0.1, -0.05) is 0 Å². The number of hydrogen-bond acceptors (Lipinski definition) is 5. The predicted octanol–water partition coefficient (Wildman–Crippen LogP) is 3.03. The Balaban J connectivity index is 1.88. The van der Waals surface area contributed by atoms with E-state index in [1.807, 2.05) is 12.3 Å². The average molecular weight is 316 g/mol. The zero-order valence-electron chi connectivity index (χ0n) is 13.1. The van der Waals surface area contributed by atoms with Crippen LogP contribution >= 0.6 is 0 Å². The summed E-state index contributed by atoms with van der Waals surface area (Å²) in [6.07, 6.45) is 9.93. The molecule has 6 nitrogen and oxygen atoms in total. The van der Waals surface area contributed by atoms with E-state index in [1.54, 1.807) is 12.4 Å². The number of pyridine rings is 1. The molecule has 0 radical (unpaired) electrons. The van der Waals surface area contributed by atoms with Crippen LogP contribution < -0.4 is 5.73 Å². The minimum Gasteiger partial charge on any atom is -0.368 e. The zero-order chi connectivity index (χ0) is 16.1. The first kappa shape index (κ1) is 13.4. The van der Waals surface area contributed by atoms with Crippen molar-refractivity contribution in [2.75, 3.05) is 5.73 Å². The molecule has 3 N–H and O–H groups in total. The molecule has 0 atom stereocenters. The summed E-state index contributed by atoms with van der Waals surface area (Å²) in [7, 11) is 0. The summed E-state index contributed by atoms with van der Waals surface area (Å²) >= 11 is 0. The number of H-pyrrole nitrogens is 1. The van der Waals surface area contributed by atoms with Gasteiger partial charge < -0.3 is 5.73 Å². The van der Waals surface area contributed by atoms with Gasteiger partial charge >= 0.3 is 0 Å². The second-order valence-corrected chi connectivity index (χ2v) is 6.25. The lowest BCUT2D eigenvalue weighted by Gasteiger charge is -2.21. The van der Waals surface area contributed by atoms with E-state index in [0.29, 0.717) is 0 Å². The van der Waals surface area contributed by atoms with Crippen molar-refractivity contribution in [1.82, 2.24) is 25.1 Å². The number of nitrogen functional groups attached to an aromatic ring is 1. The fourth-order valence-corrected chi connectivity index (χ4v) is 3.75. The molecule has 4 aromatic rings. The van der Waals surface area contributed by atoms with Crippen LogP contribution in [0.1, 0.15) is 24.0 Å². The Morgan fingerprint density at radius 1 is 0.958 bits per heavy atom. The number of aryl methyl sites for hydroxylation is 1. The maximum Gasteiger partial charge on any atom is 0.219 e. The Kier molecular flexibility index (Phi) is 2.79. The molecule has 0 unspecified atom stereocenters. The lowest BCUT2D eigenvalue weighted by atomic mass is 9.86. The Labute approximate surface area is 138 Å². The lowest BCUT2D eigenvalue weighted by molar-refractivity contribution is 0.689. The van der Waals surface area contributed by atoms with Crippen LogP contribution in [0.5, 0.6) is 0 Å². The molecular formula is C18H16N6. The van der Waals surface area contributed by atoms with Crippen LogP contribution in [0, 0.1) is 0 Å². The zero-order valence-corrected chi connectivity index (χ0v) is 13.1. The topological polar surface area (TPSA) is 93.4 Å². The lowest BCUT2D eigenvalue weighted by Crippen LogP contribution is -2.08. The van der Waals surface area contributed by atoms with Crippen LogP contribution in [0.2, 0.25) is 0 Å². The van der Waals surface area contributed by atoms with E-state index in [-0.39, 0.29) is 5.95 Å². The predicted molar refractivity (Wildman–Crippen MR) is 93.5 cm³/mol. The van der Waals surface area contributed by atoms with Gasteiger partial charge in [0.1, 0.15) is 0 Å². The van der Waals surface area contributed by atoms with Crippen LogP contribution in [-0.4, -0.2) is 25.1 Å². The standard InChI is InChI=1S/C18H16N6/c19-18-20-7-10(8-21-18)17-12-4-2-1-3-11(12)16-13-9-22-24-14(13)5-6-15(16)23-17/h5-9H,1-4H2,(H,22,24)(H2,19,20,21). The number of aromatic nitrogens is 5. The van der Waals surface area contributed by atoms with Crippen LogP contribution in [-0.2, 0) is 12.8 Å². The fourth-order valence-electron chi connectivity index (χ4n) is 3.75. The first-order valence-electron chi connectivity index (χ1n) is 8.17. The number of hydrogen-bond donors (Lipinski definition) is 2. The SMILES string of the molecule is Nc1ncc(-c2nc3ccc4[nH]ncc4c3c3c2CCCC3)cn1. The summed E-state index contributed by atoms with van der Waals surface area (Å²) in [4.78, 5) is 13.2. The minimum absolute atomic E-state index is 0.286. The van der Waals surface area contributed by atoms with E-state index >= 15 is 0 Å². The highest BCUT2D eigenvalue weighted by molar-refractivity contribution is 6.07. The molecule has 3 heterocycles. The molecule has 0 aliphatic heterocycles. The number of nitrogens with zero attached hydrogens (tertiary/aromatic N) is 4. The molecule has 118 valence electrons. The van der Waals surface area contributed by atoms with Crippen molar-refractivity contribution in [2.45, 2.75) is 25.7 Å². The van der Waals surface area contributed by atoms with Gasteiger partial charge in [0.2, 0.25) is 5.95 Å². The second-order valence-electron chi connectivity index (χ2n) is 6.25. The molecule has 1 aromatic carbocycles. The van der Waals surface area contributed by atoms with Gasteiger partial charge in [-0.2, -0.15) is 5.10 Å². The van der Waals surface area contributed by atoms with Crippen LogP contribution in [0.3, 0.4) is 0 Å². The molecule has 1 aliphatic carbocycles. The number of nitrogens with two attached hydrogens (primary N) is 1. The first-order chi connectivity index (χ1) is 11.8. The fraction of sp³-hybridized carbons (Fsp3) is 0.222. The molecule has 5 rings (SSSR count). The number of anilines is 1. The van der Waals surface area contributed by atoms with Crippen molar-refractivity contribution >= 4 is 27.8 Å². The highest BCUT2D eigenvalue weighted by Gasteiger charge is 2.21. The molecule has 0 amide bonds. The van der Waals surface area contributed by atoms with Crippen LogP contribution in [0.25, 0.3) is 33.1 Å². The molecular weight excluding hydrogens is 300 g/mol. The van der Waals surface area contributed by atoms with Gasteiger partial charge in [-0.15, -0.1) is 0 Å². The Bertz CT molecular complexity index is 1060. The quantitative estimate of drug-likeness (QED) is 0.563. The summed E-state index contributed by atoms with van der Waals surface area (Å²) in [5, 5.41) is 9.65. The summed E-state index contributed by atoms with van der Waals surface area (Å²) in [5.74, 6) is 0.286. The number of fused-ring (bicyclic) bond motifs is 5. The molecule has 1 aliphatic rings. The van der Waals surface area contributed by atoms with Gasteiger partial charge in [-0.3, -0.25) is 5.10 Å². The first-order valence-corrected chi connectivity index (χ1v) is 8.17. The third kappa shape index (κ3) is 1.89. The molecule has 0 spiro atoms. The largest absolute Gasteiger partial charge is 0.368 e. The van der Waals surface area contributed by atoms with E-state index in [4.69, 9.17) is 10.7 Å². The van der Waals surface area contributed by atoms with Crippen molar-refractivity contribution in [3.8, 4) is 11.3 Å². The highest BCUT2D eigenvalue weighted by atomic mass is 15.1. The average Bonchev–Trinajstić information content (AvgIpc) is 3.10. The van der Waals surface area contributed by atoms with Gasteiger partial charge in [0.05, 0.1) is 22.9 Å². The second kappa shape index (κ2) is 4.99. The molecule has 6 heteroatoms. The molecule has 24 heavy (non-hydrogen) atoms. The van der Waals surface area contributed by atoms with Gasteiger partial charge in [0.25, 0.3) is 0 Å². The third-order valence-corrected chi connectivity index (χ3v) is 4.84. The van der Waals surface area contributed by atoms with E-state index < -0.39 is 0 Å². The Morgan fingerprint density at radius 2 is 1.75 bits per heavy atom. The number of rotatable bonds is 1. The van der Waals surface area contributed by atoms with Gasteiger partial charge in [0, 0.05) is 28.7 Å². The van der Waals surface area contributed by atoms with Crippen molar-refractivity contribution in [2.24, 2.45) is 0 Å². The molecule has 0 saturated carbocycles. The summed E-state index contributed by atoms with van der Waals surface area (Å²) in [5.41, 5.74) is 12.3. The monoisotopic (exact) mass is 316 g/mol. The Hall–Kier alpha value is -3.02.